The van der Waals surface area contributed by atoms with Gasteiger partial charge in [0.25, 0.3) is 5.56 Å². The number of aryl methyl sites for hydroxylation is 2. The van der Waals surface area contributed by atoms with Gasteiger partial charge >= 0.3 is 0 Å². The number of thioether (sulfide) groups is 1. The number of hydrogen-bond donors (Lipinski definition) is 1. The molecule has 4 rings (SSSR count). The van der Waals surface area contributed by atoms with E-state index >= 15 is 0 Å². The quantitative estimate of drug-likeness (QED) is 0.521. The summed E-state index contributed by atoms with van der Waals surface area (Å²) in [5.41, 5.74) is 8.37. The Hall–Kier alpha value is -2.12. The van der Waals surface area contributed by atoms with Crippen molar-refractivity contribution in [3.05, 3.63) is 50.6 Å². The minimum absolute atomic E-state index is 0.0504. The van der Waals surface area contributed by atoms with E-state index in [1.807, 2.05) is 31.2 Å². The third-order valence-corrected chi connectivity index (χ3v) is 7.56. The fourth-order valence-electron chi connectivity index (χ4n) is 3.69. The van der Waals surface area contributed by atoms with Gasteiger partial charge in [-0.2, -0.15) is 0 Å². The number of primary amides is 1. The molecule has 0 spiro atoms. The van der Waals surface area contributed by atoms with Gasteiger partial charge in [0, 0.05) is 4.88 Å². The molecule has 1 aliphatic rings. The summed E-state index contributed by atoms with van der Waals surface area (Å²) in [6, 6.07) is 7.76. The highest BCUT2D eigenvalue weighted by molar-refractivity contribution is 8.00. The van der Waals surface area contributed by atoms with Crippen molar-refractivity contribution < 1.29 is 4.79 Å². The number of rotatable bonds is 4. The lowest BCUT2D eigenvalue weighted by Gasteiger charge is -2.18. The number of nitrogens with two attached hydrogens (primary N) is 1. The Bertz CT molecular complexity index is 1130. The van der Waals surface area contributed by atoms with Crippen molar-refractivity contribution in [2.75, 3.05) is 0 Å². The van der Waals surface area contributed by atoms with Gasteiger partial charge in [0.15, 0.2) is 5.16 Å². The van der Waals surface area contributed by atoms with Gasteiger partial charge in [0.05, 0.1) is 16.3 Å². The van der Waals surface area contributed by atoms with Gasteiger partial charge < -0.3 is 5.73 Å². The van der Waals surface area contributed by atoms with Crippen LogP contribution >= 0.6 is 23.1 Å². The fraction of sp³-hybridized carbons (Fsp3) is 0.381. The first-order chi connectivity index (χ1) is 13.4. The molecular weight excluding hydrogens is 390 g/mol. The maximum absolute atomic E-state index is 13.7. The molecule has 5 nitrogen and oxygen atoms in total. The SMILES string of the molecule is Cc1ccccc1-n1c(S[C@@H](C)C(N)=O)nc2sc3c(c2c1=O)CC[C@@H](C)C3. The van der Waals surface area contributed by atoms with Crippen LogP contribution in [0.5, 0.6) is 0 Å². The van der Waals surface area contributed by atoms with Gasteiger partial charge in [-0.05, 0) is 56.2 Å². The monoisotopic (exact) mass is 413 g/mol. The molecule has 28 heavy (non-hydrogen) atoms. The summed E-state index contributed by atoms with van der Waals surface area (Å²) in [7, 11) is 0. The first-order valence-electron chi connectivity index (χ1n) is 9.46. The van der Waals surface area contributed by atoms with Gasteiger partial charge in [-0.1, -0.05) is 36.9 Å². The maximum Gasteiger partial charge on any atom is 0.267 e. The van der Waals surface area contributed by atoms with E-state index in [0.717, 1.165) is 46.3 Å². The fourth-order valence-corrected chi connectivity index (χ4v) is 5.99. The van der Waals surface area contributed by atoms with E-state index in [1.54, 1.807) is 22.8 Å². The molecule has 2 aromatic heterocycles. The summed E-state index contributed by atoms with van der Waals surface area (Å²) in [5, 5.41) is 0.783. The van der Waals surface area contributed by atoms with Gasteiger partial charge in [0.1, 0.15) is 4.83 Å². The van der Waals surface area contributed by atoms with Gasteiger partial charge in [-0.3, -0.25) is 14.2 Å². The number of nitrogens with zero attached hydrogens (tertiary/aromatic N) is 2. The number of carbonyl (C=O) groups is 1. The molecule has 0 fully saturated rings. The zero-order valence-corrected chi connectivity index (χ0v) is 17.8. The number of para-hydroxylation sites is 1. The van der Waals surface area contributed by atoms with Gasteiger partial charge in [-0.15, -0.1) is 11.3 Å². The van der Waals surface area contributed by atoms with Crippen molar-refractivity contribution in [1.82, 2.24) is 9.55 Å². The Labute approximate surface area is 172 Å². The van der Waals surface area contributed by atoms with Crippen molar-refractivity contribution >= 4 is 39.2 Å². The Balaban J connectivity index is 2.01. The molecule has 7 heteroatoms. The molecular formula is C21H23N3O2S2. The number of benzene rings is 1. The first kappa shape index (κ1) is 19.2. The summed E-state index contributed by atoms with van der Waals surface area (Å²) in [6.45, 7) is 5.97. The number of amides is 1. The highest BCUT2D eigenvalue weighted by Crippen LogP contribution is 2.37. The minimum atomic E-state index is -0.478. The smallest absolute Gasteiger partial charge is 0.267 e. The predicted molar refractivity (Wildman–Crippen MR) is 116 cm³/mol. The number of carbonyl (C=O) groups excluding carboxylic acids is 1. The molecule has 2 N–H and O–H groups in total. The molecule has 0 aliphatic heterocycles. The van der Waals surface area contributed by atoms with Crippen LogP contribution in [0, 0.1) is 12.8 Å². The van der Waals surface area contributed by atoms with E-state index in [1.165, 1.54) is 16.6 Å². The van der Waals surface area contributed by atoms with E-state index in [2.05, 4.69) is 6.92 Å². The average molecular weight is 414 g/mol. The molecule has 1 amide bonds. The summed E-state index contributed by atoms with van der Waals surface area (Å²) >= 11 is 2.86. The van der Waals surface area contributed by atoms with Crippen molar-refractivity contribution in [1.29, 1.82) is 0 Å². The Morgan fingerprint density at radius 1 is 1.39 bits per heavy atom. The lowest BCUT2D eigenvalue weighted by atomic mass is 9.89. The second-order valence-electron chi connectivity index (χ2n) is 7.52. The number of fused-ring (bicyclic) bond motifs is 3. The third kappa shape index (κ3) is 3.26. The van der Waals surface area contributed by atoms with Crippen LogP contribution in [0.4, 0.5) is 0 Å². The van der Waals surface area contributed by atoms with E-state index in [-0.39, 0.29) is 5.56 Å². The zero-order valence-electron chi connectivity index (χ0n) is 16.2. The Kier molecular flexibility index (Phi) is 5.05. The standard InChI is InChI=1S/C21H23N3O2S2/c1-11-8-9-14-16(10-11)28-19-17(14)20(26)24(15-7-5-4-6-12(15)2)21(23-19)27-13(3)18(22)25/h4-7,11,13H,8-10H2,1-3H3,(H2,22,25)/t11-,13+/m1/s1. The molecule has 2 heterocycles. The molecule has 0 unspecified atom stereocenters. The van der Waals surface area contributed by atoms with E-state index in [4.69, 9.17) is 10.7 Å². The summed E-state index contributed by atoms with van der Waals surface area (Å²) in [6.07, 6.45) is 3.02. The lowest BCUT2D eigenvalue weighted by molar-refractivity contribution is -0.117. The van der Waals surface area contributed by atoms with Gasteiger partial charge in [0.2, 0.25) is 5.91 Å². The van der Waals surface area contributed by atoms with Crippen LogP contribution in [0.1, 0.15) is 36.3 Å². The van der Waals surface area contributed by atoms with Crippen LogP contribution in [-0.4, -0.2) is 20.7 Å². The summed E-state index contributed by atoms with van der Waals surface area (Å²) in [4.78, 5) is 32.2. The van der Waals surface area contributed by atoms with Crippen LogP contribution in [0.25, 0.3) is 15.9 Å². The van der Waals surface area contributed by atoms with E-state index in [9.17, 15) is 9.59 Å². The normalized spacial score (nSPS) is 17.5. The number of thiophene rings is 1. The maximum atomic E-state index is 13.7. The molecule has 0 bridgehead atoms. The van der Waals surface area contributed by atoms with Crippen LogP contribution in [0.3, 0.4) is 0 Å². The first-order valence-corrected chi connectivity index (χ1v) is 11.2. The molecule has 146 valence electrons. The Morgan fingerprint density at radius 3 is 2.86 bits per heavy atom. The van der Waals surface area contributed by atoms with Gasteiger partial charge in [-0.25, -0.2) is 4.98 Å². The summed E-state index contributed by atoms with van der Waals surface area (Å²) in [5.74, 6) is 0.206. The van der Waals surface area contributed by atoms with Crippen LogP contribution in [-0.2, 0) is 17.6 Å². The molecule has 1 aromatic carbocycles. The van der Waals surface area contributed by atoms with Crippen LogP contribution in [0.15, 0.2) is 34.2 Å². The second kappa shape index (κ2) is 7.37. The summed E-state index contributed by atoms with van der Waals surface area (Å²) < 4.78 is 1.66. The Morgan fingerprint density at radius 2 is 2.14 bits per heavy atom. The van der Waals surface area contributed by atoms with Crippen LogP contribution < -0.4 is 11.3 Å². The van der Waals surface area contributed by atoms with E-state index in [0.29, 0.717) is 11.1 Å². The molecule has 0 saturated carbocycles. The highest BCUT2D eigenvalue weighted by Gasteiger charge is 2.26. The van der Waals surface area contributed by atoms with Crippen molar-refractivity contribution in [3.8, 4) is 5.69 Å². The molecule has 1 aliphatic carbocycles. The zero-order chi connectivity index (χ0) is 20.0. The van der Waals surface area contributed by atoms with Crippen molar-refractivity contribution in [3.63, 3.8) is 0 Å². The third-order valence-electron chi connectivity index (χ3n) is 5.34. The topological polar surface area (TPSA) is 78.0 Å². The van der Waals surface area contributed by atoms with Crippen molar-refractivity contribution in [2.24, 2.45) is 11.7 Å². The van der Waals surface area contributed by atoms with Crippen LogP contribution in [0.2, 0.25) is 0 Å². The number of hydrogen-bond acceptors (Lipinski definition) is 5. The molecule has 2 atom stereocenters. The average Bonchev–Trinajstić information content (AvgIpc) is 3.00. The second-order valence-corrected chi connectivity index (χ2v) is 9.91. The molecule has 0 radical (unpaired) electrons. The highest BCUT2D eigenvalue weighted by atomic mass is 32.2. The largest absolute Gasteiger partial charge is 0.369 e. The van der Waals surface area contributed by atoms with Crippen molar-refractivity contribution in [2.45, 2.75) is 50.4 Å². The molecule has 0 saturated heterocycles. The number of aromatic nitrogens is 2. The minimum Gasteiger partial charge on any atom is -0.369 e. The van der Waals surface area contributed by atoms with E-state index < -0.39 is 11.2 Å². The molecule has 3 aromatic rings. The lowest BCUT2D eigenvalue weighted by Crippen LogP contribution is -2.27. The predicted octanol–water partition coefficient (Wildman–Crippen LogP) is 3.85.